The largest absolute Gasteiger partial charge is 0.445 e. The lowest BCUT2D eigenvalue weighted by Gasteiger charge is -2.37. The molecule has 2 saturated heterocycles. The number of nitrogens with zero attached hydrogens (tertiary/aromatic N) is 2. The fourth-order valence-corrected chi connectivity index (χ4v) is 4.05. The van der Waals surface area contributed by atoms with Gasteiger partial charge in [-0.25, -0.2) is 4.79 Å². The standard InChI is InChI=1S/C19H27N4O7P/c24-14(9-21-19(28)29-10-11-3-1-5-20-8-11)23-6-2-4-13(23)17(27)22-12-7-15(25)30-18(31)16(12)26/h1,3,5,8,12-13,15-16,18,25-26H,2,4,6-7,9-10,31H2,(H,21,28)(H,22,27). The van der Waals surface area contributed by atoms with Crippen molar-refractivity contribution in [1.29, 1.82) is 0 Å². The molecular formula is C19H27N4O7P. The quantitative estimate of drug-likeness (QED) is 0.403. The predicted molar refractivity (Wildman–Crippen MR) is 110 cm³/mol. The van der Waals surface area contributed by atoms with Crippen molar-refractivity contribution in [2.45, 2.75) is 56.2 Å². The van der Waals surface area contributed by atoms with Gasteiger partial charge in [0.25, 0.3) is 0 Å². The van der Waals surface area contributed by atoms with Gasteiger partial charge >= 0.3 is 6.09 Å². The van der Waals surface area contributed by atoms with E-state index >= 15 is 0 Å². The normalized spacial score (nSPS) is 28.1. The second-order valence-electron chi connectivity index (χ2n) is 7.43. The number of aliphatic hydroxyl groups excluding tert-OH is 2. The van der Waals surface area contributed by atoms with Crippen LogP contribution in [0, 0.1) is 0 Å². The van der Waals surface area contributed by atoms with Crippen LogP contribution in [0.5, 0.6) is 0 Å². The first kappa shape index (κ1) is 23.3. The Balaban J connectivity index is 1.47. The highest BCUT2D eigenvalue weighted by atomic mass is 31.0. The Morgan fingerprint density at radius 3 is 2.90 bits per heavy atom. The van der Waals surface area contributed by atoms with Crippen molar-refractivity contribution in [3.05, 3.63) is 30.1 Å². The zero-order valence-electron chi connectivity index (χ0n) is 16.8. The summed E-state index contributed by atoms with van der Waals surface area (Å²) in [5, 5.41) is 25.0. The molecule has 3 rings (SSSR count). The molecule has 1 aromatic heterocycles. The molecule has 2 aliphatic heterocycles. The van der Waals surface area contributed by atoms with Crippen LogP contribution in [-0.4, -0.2) is 81.4 Å². The van der Waals surface area contributed by atoms with Gasteiger partial charge in [-0.2, -0.15) is 0 Å². The van der Waals surface area contributed by atoms with Gasteiger partial charge in [0.05, 0.1) is 6.04 Å². The molecular weight excluding hydrogens is 427 g/mol. The van der Waals surface area contributed by atoms with Crippen LogP contribution < -0.4 is 10.6 Å². The summed E-state index contributed by atoms with van der Waals surface area (Å²) in [5.41, 5.74) is 0.716. The molecule has 2 aliphatic rings. The highest BCUT2D eigenvalue weighted by molar-refractivity contribution is 7.17. The number of rotatable bonds is 6. The minimum atomic E-state index is -1.10. The van der Waals surface area contributed by atoms with Gasteiger partial charge < -0.3 is 35.2 Å². The number of hydrogen-bond acceptors (Lipinski definition) is 8. The summed E-state index contributed by atoms with van der Waals surface area (Å²) >= 11 is 0. The van der Waals surface area contributed by atoms with E-state index in [1.54, 1.807) is 24.5 Å². The minimum Gasteiger partial charge on any atom is -0.445 e. The molecule has 3 heterocycles. The highest BCUT2D eigenvalue weighted by Crippen LogP contribution is 2.24. The van der Waals surface area contributed by atoms with E-state index in [9.17, 15) is 24.6 Å². The van der Waals surface area contributed by atoms with Crippen LogP contribution in [-0.2, 0) is 25.7 Å². The summed E-state index contributed by atoms with van der Waals surface area (Å²) in [6.45, 7) is 0.106. The monoisotopic (exact) mass is 454 g/mol. The van der Waals surface area contributed by atoms with E-state index in [2.05, 4.69) is 24.9 Å². The van der Waals surface area contributed by atoms with Gasteiger partial charge in [0.2, 0.25) is 11.8 Å². The average Bonchev–Trinajstić information content (AvgIpc) is 3.25. The molecule has 0 radical (unpaired) electrons. The fourth-order valence-electron chi connectivity index (χ4n) is 3.60. The third kappa shape index (κ3) is 6.33. The van der Waals surface area contributed by atoms with E-state index < -0.39 is 48.2 Å². The van der Waals surface area contributed by atoms with Gasteiger partial charge in [0, 0.05) is 30.9 Å². The smallest absolute Gasteiger partial charge is 0.407 e. The zero-order chi connectivity index (χ0) is 22.4. The number of pyridine rings is 1. The second kappa shape index (κ2) is 10.8. The van der Waals surface area contributed by atoms with Crippen molar-refractivity contribution in [2.24, 2.45) is 0 Å². The van der Waals surface area contributed by atoms with E-state index in [-0.39, 0.29) is 19.6 Å². The van der Waals surface area contributed by atoms with Crippen LogP contribution in [0.1, 0.15) is 24.8 Å². The van der Waals surface area contributed by atoms with Gasteiger partial charge in [-0.15, -0.1) is 9.24 Å². The van der Waals surface area contributed by atoms with Crippen molar-refractivity contribution in [3.8, 4) is 0 Å². The number of aliphatic hydroxyl groups is 2. The van der Waals surface area contributed by atoms with Gasteiger partial charge in [-0.05, 0) is 18.9 Å². The maximum Gasteiger partial charge on any atom is 0.407 e. The Kier molecular flexibility index (Phi) is 8.14. The molecule has 3 amide bonds. The molecule has 11 nitrogen and oxygen atoms in total. The third-order valence-electron chi connectivity index (χ3n) is 5.20. The van der Waals surface area contributed by atoms with Crippen LogP contribution in [0.25, 0.3) is 0 Å². The zero-order valence-corrected chi connectivity index (χ0v) is 18.0. The van der Waals surface area contributed by atoms with E-state index in [4.69, 9.17) is 9.47 Å². The van der Waals surface area contributed by atoms with Crippen LogP contribution in [0.3, 0.4) is 0 Å². The third-order valence-corrected chi connectivity index (χ3v) is 5.75. The molecule has 2 fully saturated rings. The number of carbonyl (C=O) groups excluding carboxylic acids is 3. The Morgan fingerprint density at radius 2 is 2.16 bits per heavy atom. The molecule has 0 spiro atoms. The number of carbonyl (C=O) groups is 3. The number of hydrogen-bond donors (Lipinski definition) is 4. The van der Waals surface area contributed by atoms with Crippen molar-refractivity contribution in [3.63, 3.8) is 0 Å². The van der Waals surface area contributed by atoms with Crippen LogP contribution in [0.2, 0.25) is 0 Å². The van der Waals surface area contributed by atoms with E-state index in [0.29, 0.717) is 24.9 Å². The lowest BCUT2D eigenvalue weighted by Crippen LogP contribution is -2.57. The number of likely N-dealkylation sites (tertiary alicyclic amines) is 1. The van der Waals surface area contributed by atoms with Crippen molar-refractivity contribution in [1.82, 2.24) is 20.5 Å². The molecule has 31 heavy (non-hydrogen) atoms. The molecule has 0 bridgehead atoms. The number of ether oxygens (including phenoxy) is 2. The number of aromatic nitrogens is 1. The van der Waals surface area contributed by atoms with E-state index in [0.717, 1.165) is 0 Å². The van der Waals surface area contributed by atoms with Crippen molar-refractivity contribution < 1.29 is 34.1 Å². The first-order valence-corrected chi connectivity index (χ1v) is 10.7. The maximum absolute atomic E-state index is 12.7. The molecule has 6 unspecified atom stereocenters. The first-order valence-electron chi connectivity index (χ1n) is 10.0. The SMILES string of the molecule is O=C(NCC(=O)N1CCCC1C(=O)NC1CC(O)OC(P)C1O)OCc1cccnc1. The lowest BCUT2D eigenvalue weighted by atomic mass is 10.0. The fraction of sp³-hybridized carbons (Fsp3) is 0.579. The first-order chi connectivity index (χ1) is 14.8. The summed E-state index contributed by atoms with van der Waals surface area (Å²) in [7, 11) is 2.27. The van der Waals surface area contributed by atoms with Crippen LogP contribution >= 0.6 is 9.24 Å². The Morgan fingerprint density at radius 1 is 1.35 bits per heavy atom. The Bertz CT molecular complexity index is 784. The Hall–Kier alpha value is -2.33. The molecule has 12 heteroatoms. The van der Waals surface area contributed by atoms with Gasteiger partial charge in [-0.3, -0.25) is 14.6 Å². The molecule has 0 aromatic carbocycles. The van der Waals surface area contributed by atoms with E-state index in [1.807, 2.05) is 0 Å². The van der Waals surface area contributed by atoms with Gasteiger partial charge in [0.15, 0.2) is 6.29 Å². The number of nitrogens with one attached hydrogen (secondary N) is 2. The maximum atomic E-state index is 12.7. The molecule has 0 saturated carbocycles. The van der Waals surface area contributed by atoms with Crippen molar-refractivity contribution >= 4 is 27.1 Å². The average molecular weight is 454 g/mol. The van der Waals surface area contributed by atoms with Gasteiger partial charge in [-0.1, -0.05) is 6.07 Å². The molecule has 170 valence electrons. The number of alkyl carbamates (subject to hydrolysis) is 1. The molecule has 1 aromatic rings. The summed E-state index contributed by atoms with van der Waals surface area (Å²) < 4.78 is 10.1. The van der Waals surface area contributed by atoms with E-state index in [1.165, 1.54) is 4.90 Å². The summed E-state index contributed by atoms with van der Waals surface area (Å²) in [4.78, 5) is 42.4. The summed E-state index contributed by atoms with van der Waals surface area (Å²) in [6, 6.07) is 2.07. The molecule has 4 N–H and O–H groups in total. The van der Waals surface area contributed by atoms with Crippen LogP contribution in [0.4, 0.5) is 4.79 Å². The molecule has 6 atom stereocenters. The summed E-state index contributed by atoms with van der Waals surface area (Å²) in [6.07, 6.45) is 1.48. The molecule has 0 aliphatic carbocycles. The lowest BCUT2D eigenvalue weighted by molar-refractivity contribution is -0.181. The van der Waals surface area contributed by atoms with Gasteiger partial charge in [0.1, 0.15) is 31.1 Å². The number of amides is 3. The highest BCUT2D eigenvalue weighted by Gasteiger charge is 2.39. The topological polar surface area (TPSA) is 150 Å². The predicted octanol–water partition coefficient (Wildman–Crippen LogP) is -0.916. The minimum absolute atomic E-state index is 0.0264. The Labute approximate surface area is 181 Å². The summed E-state index contributed by atoms with van der Waals surface area (Å²) in [5.74, 6) is -1.54. The van der Waals surface area contributed by atoms with Crippen molar-refractivity contribution in [2.75, 3.05) is 13.1 Å². The van der Waals surface area contributed by atoms with Crippen LogP contribution in [0.15, 0.2) is 24.5 Å². The second-order valence-corrected chi connectivity index (χ2v) is 8.09.